The molecular formula is C30H28ClN3O6. The van der Waals surface area contributed by atoms with Gasteiger partial charge in [-0.2, -0.15) is 5.10 Å². The summed E-state index contributed by atoms with van der Waals surface area (Å²) in [5.74, 6) is -1.16. The van der Waals surface area contributed by atoms with Crippen LogP contribution >= 0.6 is 11.6 Å². The van der Waals surface area contributed by atoms with E-state index in [1.54, 1.807) is 61.2 Å². The zero-order valence-electron chi connectivity index (χ0n) is 22.3. The van der Waals surface area contributed by atoms with E-state index in [1.807, 2.05) is 0 Å². The molecule has 0 bridgehead atoms. The van der Waals surface area contributed by atoms with Crippen molar-refractivity contribution in [3.63, 3.8) is 0 Å². The number of ether oxygens (including phenoxy) is 1. The minimum absolute atomic E-state index is 0.0304. The quantitative estimate of drug-likeness (QED) is 0.261. The van der Waals surface area contributed by atoms with Crippen LogP contribution in [0.15, 0.2) is 71.8 Å². The van der Waals surface area contributed by atoms with Gasteiger partial charge in [-0.05, 0) is 47.5 Å². The number of hydrogen-bond donors (Lipinski definition) is 1. The van der Waals surface area contributed by atoms with Crippen molar-refractivity contribution >= 4 is 29.1 Å². The molecule has 0 radical (unpaired) electrons. The van der Waals surface area contributed by atoms with E-state index < -0.39 is 17.6 Å². The molecule has 1 atom stereocenters. The second kappa shape index (κ2) is 12.1. The number of pyridine rings is 1. The molecule has 9 nitrogen and oxygen atoms in total. The summed E-state index contributed by atoms with van der Waals surface area (Å²) in [6.45, 7) is 1.75. The Kier molecular flexibility index (Phi) is 8.64. The monoisotopic (exact) mass is 561 g/mol. The highest BCUT2D eigenvalue weighted by molar-refractivity contribution is 6.31. The second-order valence-corrected chi connectivity index (χ2v) is 9.75. The lowest BCUT2D eigenvalue weighted by Gasteiger charge is -2.21. The van der Waals surface area contributed by atoms with Crippen molar-refractivity contribution in [1.82, 2.24) is 14.3 Å². The number of benzene rings is 2. The van der Waals surface area contributed by atoms with Gasteiger partial charge in [-0.1, -0.05) is 30.7 Å². The highest BCUT2D eigenvalue weighted by Crippen LogP contribution is 2.34. The molecule has 0 amide bonds. The Morgan fingerprint density at radius 2 is 1.77 bits per heavy atom. The van der Waals surface area contributed by atoms with Crippen molar-refractivity contribution < 1.29 is 24.2 Å². The zero-order valence-corrected chi connectivity index (χ0v) is 23.0. The normalized spacial score (nSPS) is 11.7. The van der Waals surface area contributed by atoms with Gasteiger partial charge in [-0.15, -0.1) is 0 Å². The van der Waals surface area contributed by atoms with Gasteiger partial charge in [0, 0.05) is 54.7 Å². The van der Waals surface area contributed by atoms with Crippen LogP contribution < -0.4 is 10.3 Å². The molecular weight excluding hydrogens is 534 g/mol. The highest BCUT2D eigenvalue weighted by Gasteiger charge is 2.26. The van der Waals surface area contributed by atoms with Gasteiger partial charge in [0.15, 0.2) is 11.6 Å². The molecule has 4 aromatic rings. The smallest absolute Gasteiger partial charge is 0.335 e. The lowest BCUT2D eigenvalue weighted by molar-refractivity contribution is -0.121. The van der Waals surface area contributed by atoms with Crippen LogP contribution in [-0.2, 0) is 24.7 Å². The van der Waals surface area contributed by atoms with Gasteiger partial charge in [0.05, 0.1) is 24.6 Å². The van der Waals surface area contributed by atoms with E-state index in [-0.39, 0.29) is 42.1 Å². The zero-order chi connectivity index (χ0) is 29.0. The summed E-state index contributed by atoms with van der Waals surface area (Å²) >= 11 is 6.25. The maximum Gasteiger partial charge on any atom is 0.335 e. The molecule has 0 aliphatic rings. The van der Waals surface area contributed by atoms with Crippen LogP contribution in [0.4, 0.5) is 0 Å². The van der Waals surface area contributed by atoms with Crippen molar-refractivity contribution in [2.75, 3.05) is 7.11 Å². The number of ketones is 2. The molecule has 4 rings (SSSR count). The average Bonchev–Trinajstić information content (AvgIpc) is 3.36. The van der Waals surface area contributed by atoms with Crippen molar-refractivity contribution in [3.05, 3.63) is 105 Å². The van der Waals surface area contributed by atoms with E-state index in [9.17, 15) is 24.3 Å². The molecule has 0 spiro atoms. The van der Waals surface area contributed by atoms with Crippen LogP contribution in [0, 0.1) is 0 Å². The number of halogens is 1. The van der Waals surface area contributed by atoms with Crippen LogP contribution in [0.3, 0.4) is 0 Å². The summed E-state index contributed by atoms with van der Waals surface area (Å²) < 4.78 is 8.57. The summed E-state index contributed by atoms with van der Waals surface area (Å²) in [5, 5.41) is 13.9. The van der Waals surface area contributed by atoms with Gasteiger partial charge in [-0.25, -0.2) is 4.79 Å². The number of carboxylic acids is 1. The van der Waals surface area contributed by atoms with Crippen LogP contribution in [0.5, 0.6) is 5.75 Å². The first kappa shape index (κ1) is 28.5. The molecule has 2 aromatic heterocycles. The topological polar surface area (TPSA) is 120 Å². The van der Waals surface area contributed by atoms with Crippen LogP contribution in [0.25, 0.3) is 11.1 Å². The van der Waals surface area contributed by atoms with Crippen LogP contribution in [0.2, 0.25) is 5.02 Å². The van der Waals surface area contributed by atoms with Crippen LogP contribution in [0.1, 0.15) is 51.4 Å². The fraction of sp³-hybridized carbons (Fsp3) is 0.233. The first-order valence-electron chi connectivity index (χ1n) is 12.6. The van der Waals surface area contributed by atoms with E-state index >= 15 is 0 Å². The predicted octanol–water partition coefficient (Wildman–Crippen LogP) is 4.80. The van der Waals surface area contributed by atoms with E-state index in [1.165, 1.54) is 36.1 Å². The lowest BCUT2D eigenvalue weighted by Crippen LogP contribution is -2.32. The van der Waals surface area contributed by atoms with Gasteiger partial charge in [0.1, 0.15) is 11.8 Å². The molecule has 0 saturated carbocycles. The molecule has 10 heteroatoms. The average molecular weight is 562 g/mol. The molecule has 0 fully saturated rings. The summed E-state index contributed by atoms with van der Waals surface area (Å²) in [7, 11) is 3.20. The Bertz CT molecular complexity index is 1640. The Morgan fingerprint density at radius 3 is 2.38 bits per heavy atom. The number of carbonyl (C=O) groups excluding carboxylic acids is 2. The number of aromatic carboxylic acids is 1. The van der Waals surface area contributed by atoms with Gasteiger partial charge >= 0.3 is 5.97 Å². The molecule has 206 valence electrons. The Hall–Kier alpha value is -4.50. The number of nitrogens with zero attached hydrogens (tertiary/aromatic N) is 3. The number of carbonyl (C=O) groups is 3. The van der Waals surface area contributed by atoms with Crippen molar-refractivity contribution in [2.45, 2.75) is 32.2 Å². The third-order valence-corrected chi connectivity index (χ3v) is 6.85. The predicted molar refractivity (Wildman–Crippen MR) is 150 cm³/mol. The maximum absolute atomic E-state index is 13.7. The molecule has 2 heterocycles. The number of Topliss-reactive ketones (excluding diaryl/α,β-unsaturated/α-hetero) is 2. The number of rotatable bonds is 11. The molecule has 1 N–H and O–H groups in total. The number of carboxylic acid groups (broad SMARTS) is 1. The number of methoxy groups -OCH3 is 1. The number of hydrogen-bond acceptors (Lipinski definition) is 6. The fourth-order valence-corrected chi connectivity index (χ4v) is 4.71. The summed E-state index contributed by atoms with van der Waals surface area (Å²) in [6, 6.07) is 13.1. The van der Waals surface area contributed by atoms with Crippen LogP contribution in [-0.4, -0.2) is 44.1 Å². The van der Waals surface area contributed by atoms with Gasteiger partial charge < -0.3 is 14.4 Å². The van der Waals surface area contributed by atoms with Gasteiger partial charge in [0.2, 0.25) is 0 Å². The number of aromatic nitrogens is 3. The van der Waals surface area contributed by atoms with E-state index in [4.69, 9.17) is 16.3 Å². The first-order chi connectivity index (χ1) is 19.1. The fourth-order valence-electron chi connectivity index (χ4n) is 4.54. The minimum atomic E-state index is -1.06. The van der Waals surface area contributed by atoms with Crippen molar-refractivity contribution in [3.8, 4) is 16.9 Å². The molecule has 1 unspecified atom stereocenters. The largest absolute Gasteiger partial charge is 0.495 e. The summed E-state index contributed by atoms with van der Waals surface area (Å²) in [6.07, 6.45) is 3.60. The van der Waals surface area contributed by atoms with Crippen molar-refractivity contribution in [2.24, 2.45) is 7.05 Å². The first-order valence-corrected chi connectivity index (χ1v) is 13.0. The minimum Gasteiger partial charge on any atom is -0.495 e. The molecule has 0 saturated heterocycles. The lowest BCUT2D eigenvalue weighted by atomic mass is 9.95. The maximum atomic E-state index is 13.7. The standard InChI is InChI=1S/C30H28ClN3O6/c1-4-26(35)22-10-9-20(31)14-23(22)24-16-29(37)34(17-28(24)40-3)25(15-21-11-12-33(2)32-21)27(36)13-18-5-7-19(8-6-18)30(38)39/h5-12,14,16-17,25H,4,13,15H2,1-3H3,(H,38,39). The van der Waals surface area contributed by atoms with Crippen molar-refractivity contribution in [1.29, 1.82) is 0 Å². The molecule has 40 heavy (non-hydrogen) atoms. The summed E-state index contributed by atoms with van der Waals surface area (Å²) in [5.41, 5.74) is 2.12. The molecule has 0 aliphatic carbocycles. The molecule has 0 aliphatic heterocycles. The molecule has 2 aromatic carbocycles. The third-order valence-electron chi connectivity index (χ3n) is 6.62. The Labute approximate surface area is 235 Å². The highest BCUT2D eigenvalue weighted by atomic mass is 35.5. The Balaban J connectivity index is 1.79. The van der Waals surface area contributed by atoms with E-state index in [2.05, 4.69) is 5.10 Å². The third kappa shape index (κ3) is 6.21. The van der Waals surface area contributed by atoms with Gasteiger partial charge in [0.25, 0.3) is 5.56 Å². The van der Waals surface area contributed by atoms with E-state index in [0.717, 1.165) is 0 Å². The SMILES string of the molecule is CCC(=O)c1ccc(Cl)cc1-c1cc(=O)n(C(Cc2ccn(C)n2)C(=O)Cc2ccc(C(=O)O)cc2)cc1OC. The van der Waals surface area contributed by atoms with E-state index in [0.29, 0.717) is 33.0 Å². The summed E-state index contributed by atoms with van der Waals surface area (Å²) in [4.78, 5) is 51.1. The van der Waals surface area contributed by atoms with Gasteiger partial charge in [-0.3, -0.25) is 19.1 Å². The second-order valence-electron chi connectivity index (χ2n) is 9.31. The number of aryl methyl sites for hydroxylation is 1. The Morgan fingerprint density at radius 1 is 1.05 bits per heavy atom.